The van der Waals surface area contributed by atoms with E-state index in [2.05, 4.69) is 15.8 Å². The molecule has 0 bridgehead atoms. The van der Waals surface area contributed by atoms with Crippen molar-refractivity contribution in [1.29, 1.82) is 0 Å². The fourth-order valence-corrected chi connectivity index (χ4v) is 5.97. The fourth-order valence-electron chi connectivity index (χ4n) is 4.34. The number of pyridine rings is 1. The van der Waals surface area contributed by atoms with Crippen LogP contribution < -0.4 is 4.90 Å². The number of halogens is 1. The molecule has 2 fully saturated rings. The highest BCUT2D eigenvalue weighted by atomic mass is 32.2. The summed E-state index contributed by atoms with van der Waals surface area (Å²) in [7, 11) is -2.03. The molecule has 0 N–H and O–H groups in total. The van der Waals surface area contributed by atoms with Crippen LogP contribution in [0.4, 0.5) is 10.1 Å². The lowest BCUT2D eigenvalue weighted by molar-refractivity contribution is -0.138. The zero-order valence-electron chi connectivity index (χ0n) is 17.3. The summed E-state index contributed by atoms with van der Waals surface area (Å²) < 4.78 is 25.7. The van der Waals surface area contributed by atoms with Gasteiger partial charge in [0.05, 0.1) is 17.9 Å². The number of carbonyl (C=O) groups is 1. The molecule has 0 saturated carbocycles. The Morgan fingerprint density at radius 3 is 2.47 bits per heavy atom. The van der Waals surface area contributed by atoms with Gasteiger partial charge in [0.2, 0.25) is 5.91 Å². The Morgan fingerprint density at radius 2 is 1.83 bits per heavy atom. The van der Waals surface area contributed by atoms with Gasteiger partial charge in [-0.2, -0.15) is 0 Å². The highest BCUT2D eigenvalue weighted by Gasteiger charge is 2.36. The lowest BCUT2D eigenvalue weighted by atomic mass is 9.96. The van der Waals surface area contributed by atoms with Crippen molar-refractivity contribution in [1.82, 2.24) is 9.88 Å². The van der Waals surface area contributed by atoms with Gasteiger partial charge in [-0.05, 0) is 65.0 Å². The molecular formula is C23H28FN3O2S. The first-order chi connectivity index (χ1) is 14.3. The van der Waals surface area contributed by atoms with E-state index in [1.54, 1.807) is 12.1 Å². The van der Waals surface area contributed by atoms with Gasteiger partial charge in [0.25, 0.3) is 0 Å². The molecule has 2 aliphatic rings. The first-order valence-electron chi connectivity index (χ1n) is 10.4. The Hall–Kier alpha value is -2.41. The third-order valence-corrected chi connectivity index (χ3v) is 8.16. The van der Waals surface area contributed by atoms with Crippen LogP contribution in [0.1, 0.15) is 30.1 Å². The summed E-state index contributed by atoms with van der Waals surface area (Å²) >= 11 is 0. The summed E-state index contributed by atoms with van der Waals surface area (Å²) in [4.78, 5) is 22.0. The molecule has 1 unspecified atom stereocenters. The number of aromatic nitrogens is 1. The molecular weight excluding hydrogens is 401 g/mol. The standard InChI is InChI=1S/C23H28FN3O2S/c1-17-3-8-21(15-25-17)26-11-12-27(22(16-26)18-4-6-20(24)7-5-18)23(28)19-9-13-30(2,29)14-10-19/h3-8,15,19,22H,2,9-14,16H2,1H3. The van der Waals surface area contributed by atoms with E-state index in [0.717, 1.165) is 16.9 Å². The largest absolute Gasteiger partial charge is 0.366 e. The maximum absolute atomic E-state index is 13.5. The second kappa shape index (κ2) is 8.38. The monoisotopic (exact) mass is 429 g/mol. The molecule has 2 aromatic rings. The highest BCUT2D eigenvalue weighted by molar-refractivity contribution is 8.00. The van der Waals surface area contributed by atoms with E-state index in [9.17, 15) is 13.4 Å². The molecule has 1 amide bonds. The zero-order valence-corrected chi connectivity index (χ0v) is 18.1. The summed E-state index contributed by atoms with van der Waals surface area (Å²) in [6.45, 7) is 3.88. The Labute approximate surface area is 177 Å². The summed E-state index contributed by atoms with van der Waals surface area (Å²) in [6.07, 6.45) is 3.11. The number of rotatable bonds is 3. The van der Waals surface area contributed by atoms with Crippen molar-refractivity contribution >= 4 is 27.0 Å². The maximum atomic E-state index is 13.5. The second-order valence-electron chi connectivity index (χ2n) is 8.35. The van der Waals surface area contributed by atoms with E-state index in [-0.39, 0.29) is 23.7 Å². The van der Waals surface area contributed by atoms with Crippen LogP contribution in [0.5, 0.6) is 0 Å². The molecule has 5 nitrogen and oxygen atoms in total. The van der Waals surface area contributed by atoms with Crippen molar-refractivity contribution in [2.24, 2.45) is 5.92 Å². The minimum Gasteiger partial charge on any atom is -0.366 e. The fraction of sp³-hybridized carbons (Fsp3) is 0.435. The molecule has 2 saturated heterocycles. The lowest BCUT2D eigenvalue weighted by Crippen LogP contribution is -2.53. The Morgan fingerprint density at radius 1 is 1.13 bits per heavy atom. The van der Waals surface area contributed by atoms with Gasteiger partial charge in [0.1, 0.15) is 5.82 Å². The molecule has 160 valence electrons. The molecule has 3 heterocycles. The predicted molar refractivity (Wildman–Crippen MR) is 120 cm³/mol. The van der Waals surface area contributed by atoms with Crippen molar-refractivity contribution < 1.29 is 13.4 Å². The topological polar surface area (TPSA) is 53.5 Å². The second-order valence-corrected chi connectivity index (χ2v) is 11.1. The smallest absolute Gasteiger partial charge is 0.226 e. The van der Waals surface area contributed by atoms with Gasteiger partial charge in [0.15, 0.2) is 0 Å². The Kier molecular flexibility index (Phi) is 5.82. The molecule has 1 aromatic heterocycles. The molecule has 7 heteroatoms. The lowest BCUT2D eigenvalue weighted by Gasteiger charge is -2.44. The molecule has 0 radical (unpaired) electrons. The quantitative estimate of drug-likeness (QED) is 0.704. The van der Waals surface area contributed by atoms with Crippen LogP contribution >= 0.6 is 0 Å². The summed E-state index contributed by atoms with van der Waals surface area (Å²) in [5.41, 5.74) is 2.91. The van der Waals surface area contributed by atoms with Gasteiger partial charge < -0.3 is 9.80 Å². The van der Waals surface area contributed by atoms with Crippen LogP contribution in [-0.4, -0.2) is 57.0 Å². The third kappa shape index (κ3) is 4.51. The van der Waals surface area contributed by atoms with E-state index in [0.29, 0.717) is 44.0 Å². The third-order valence-electron chi connectivity index (χ3n) is 6.21. The minimum atomic E-state index is -2.03. The normalized spacial score (nSPS) is 27.1. The molecule has 0 aliphatic carbocycles. The van der Waals surface area contributed by atoms with Crippen LogP contribution in [0.3, 0.4) is 0 Å². The van der Waals surface area contributed by atoms with Crippen molar-refractivity contribution in [3.8, 4) is 0 Å². The number of aryl methyl sites for hydroxylation is 1. The van der Waals surface area contributed by atoms with Crippen molar-refractivity contribution in [3.05, 3.63) is 59.7 Å². The van der Waals surface area contributed by atoms with Gasteiger partial charge >= 0.3 is 0 Å². The Balaban J connectivity index is 1.58. The van der Waals surface area contributed by atoms with E-state index >= 15 is 0 Å². The first-order valence-corrected chi connectivity index (χ1v) is 12.4. The maximum Gasteiger partial charge on any atom is 0.226 e. The van der Waals surface area contributed by atoms with E-state index in [1.165, 1.54) is 12.1 Å². The SMILES string of the molecule is C=S1(=O)CCC(C(=O)N2CCN(c3ccc(C)nc3)CC2c2ccc(F)cc2)CC1. The molecule has 1 atom stereocenters. The molecule has 0 spiro atoms. The van der Waals surface area contributed by atoms with Gasteiger partial charge in [-0.1, -0.05) is 12.1 Å². The summed E-state index contributed by atoms with van der Waals surface area (Å²) in [5, 5.41) is 0. The average Bonchev–Trinajstić information content (AvgIpc) is 2.74. The predicted octanol–water partition coefficient (Wildman–Crippen LogP) is 3.05. The van der Waals surface area contributed by atoms with Crippen LogP contribution in [0.2, 0.25) is 0 Å². The van der Waals surface area contributed by atoms with E-state index in [4.69, 9.17) is 0 Å². The van der Waals surface area contributed by atoms with Gasteiger partial charge in [-0.15, -0.1) is 0 Å². The zero-order chi connectivity index (χ0) is 21.3. The number of hydrogen-bond acceptors (Lipinski definition) is 4. The molecule has 2 aliphatic heterocycles. The van der Waals surface area contributed by atoms with Crippen molar-refractivity contribution in [2.75, 3.05) is 36.0 Å². The van der Waals surface area contributed by atoms with Crippen LogP contribution in [-0.2, 0) is 14.3 Å². The number of carbonyl (C=O) groups excluding carboxylic acids is 1. The number of hydrogen-bond donors (Lipinski definition) is 0. The van der Waals surface area contributed by atoms with Gasteiger partial charge in [-0.25, -0.2) is 4.39 Å². The number of amides is 1. The number of benzene rings is 1. The Bertz CT molecular complexity index is 992. The van der Waals surface area contributed by atoms with Crippen molar-refractivity contribution in [2.45, 2.75) is 25.8 Å². The minimum absolute atomic E-state index is 0.112. The molecule has 4 rings (SSSR count). The number of nitrogens with zero attached hydrogens (tertiary/aromatic N) is 3. The van der Waals surface area contributed by atoms with Crippen molar-refractivity contribution in [3.63, 3.8) is 0 Å². The van der Waals surface area contributed by atoms with Crippen LogP contribution in [0.25, 0.3) is 0 Å². The highest BCUT2D eigenvalue weighted by Crippen LogP contribution is 2.32. The van der Waals surface area contributed by atoms with Gasteiger partial charge in [-0.3, -0.25) is 14.0 Å². The van der Waals surface area contributed by atoms with Crippen LogP contribution in [0, 0.1) is 18.7 Å². The summed E-state index contributed by atoms with van der Waals surface area (Å²) in [5.74, 6) is 4.55. The molecule has 30 heavy (non-hydrogen) atoms. The average molecular weight is 430 g/mol. The van der Waals surface area contributed by atoms with Gasteiger partial charge in [0, 0.05) is 42.8 Å². The first kappa shape index (κ1) is 20.8. The number of piperazine rings is 1. The molecule has 1 aromatic carbocycles. The number of anilines is 1. The van der Waals surface area contributed by atoms with Crippen LogP contribution in [0.15, 0.2) is 42.6 Å². The van der Waals surface area contributed by atoms with E-state index < -0.39 is 9.52 Å². The van der Waals surface area contributed by atoms with E-state index in [1.807, 2.05) is 30.2 Å². The summed E-state index contributed by atoms with van der Waals surface area (Å²) in [6, 6.07) is 10.3.